The molecule has 0 radical (unpaired) electrons. The van der Waals surface area contributed by atoms with Gasteiger partial charge >= 0.3 is 0 Å². The van der Waals surface area contributed by atoms with E-state index in [-0.39, 0.29) is 0 Å². The van der Waals surface area contributed by atoms with E-state index in [1.807, 2.05) is 47.4 Å². The van der Waals surface area contributed by atoms with E-state index in [0.29, 0.717) is 23.0 Å². The van der Waals surface area contributed by atoms with Crippen LogP contribution >= 0.6 is 0 Å². The van der Waals surface area contributed by atoms with E-state index in [1.54, 1.807) is 12.4 Å². The van der Waals surface area contributed by atoms with Crippen molar-refractivity contribution in [2.75, 3.05) is 4.90 Å². The number of hydrogen-bond acceptors (Lipinski definition) is 5. The number of nitrogens with zero attached hydrogens (tertiary/aromatic N) is 5. The van der Waals surface area contributed by atoms with E-state index in [0.717, 1.165) is 16.8 Å². The third-order valence-electron chi connectivity index (χ3n) is 4.70. The first-order valence-corrected chi connectivity index (χ1v) is 9.09. The molecule has 0 amide bonds. The molecule has 28 heavy (non-hydrogen) atoms. The molecular weight excluding hydrogens is 346 g/mol. The summed E-state index contributed by atoms with van der Waals surface area (Å²) in [6.07, 6.45) is 3.54. The van der Waals surface area contributed by atoms with Crippen LogP contribution in [0, 0.1) is 6.92 Å². The fourth-order valence-electron chi connectivity index (χ4n) is 3.41. The van der Waals surface area contributed by atoms with Crippen molar-refractivity contribution in [1.82, 2.24) is 9.97 Å². The number of pyridine rings is 2. The zero-order chi connectivity index (χ0) is 18.9. The van der Waals surface area contributed by atoms with Crippen molar-refractivity contribution >= 4 is 28.7 Å². The van der Waals surface area contributed by atoms with Crippen molar-refractivity contribution in [2.24, 2.45) is 10.2 Å². The van der Waals surface area contributed by atoms with Crippen LogP contribution in [-0.2, 0) is 0 Å². The van der Waals surface area contributed by atoms with Crippen LogP contribution in [0.2, 0.25) is 0 Å². The van der Waals surface area contributed by atoms with E-state index in [9.17, 15) is 0 Å². The van der Waals surface area contributed by atoms with Gasteiger partial charge in [-0.1, -0.05) is 42.0 Å². The summed E-state index contributed by atoms with van der Waals surface area (Å²) in [4.78, 5) is 11.3. The molecular formula is C23H17N5. The summed E-state index contributed by atoms with van der Waals surface area (Å²) < 4.78 is 0. The quantitative estimate of drug-likeness (QED) is 0.353. The molecule has 3 heterocycles. The van der Waals surface area contributed by atoms with Crippen LogP contribution in [0.15, 0.2) is 95.4 Å². The van der Waals surface area contributed by atoms with Crippen molar-refractivity contribution in [3.05, 3.63) is 90.8 Å². The number of benzene rings is 2. The normalized spacial score (nSPS) is 12.2. The van der Waals surface area contributed by atoms with Crippen molar-refractivity contribution in [2.45, 2.75) is 6.92 Å². The van der Waals surface area contributed by atoms with Crippen LogP contribution in [-0.4, -0.2) is 9.97 Å². The highest BCUT2D eigenvalue weighted by atomic mass is 15.3. The smallest absolute Gasteiger partial charge is 0.166 e. The van der Waals surface area contributed by atoms with Crippen LogP contribution in [0.5, 0.6) is 0 Å². The Hall–Kier alpha value is -3.86. The van der Waals surface area contributed by atoms with E-state index in [1.165, 1.54) is 5.56 Å². The maximum Gasteiger partial charge on any atom is 0.166 e. The van der Waals surface area contributed by atoms with Gasteiger partial charge in [-0.15, -0.1) is 10.2 Å². The fourth-order valence-corrected chi connectivity index (χ4v) is 3.41. The molecule has 0 aliphatic carbocycles. The Morgan fingerprint density at radius 3 is 1.96 bits per heavy atom. The largest absolute Gasteiger partial charge is 0.275 e. The van der Waals surface area contributed by atoms with E-state index in [2.05, 4.69) is 57.5 Å². The molecule has 0 N–H and O–H groups in total. The van der Waals surface area contributed by atoms with Crippen LogP contribution in [0.1, 0.15) is 5.56 Å². The minimum Gasteiger partial charge on any atom is -0.275 e. The standard InChI is InChI=1S/C23H17N5/c1-16-11-12-21(18(15-16)17-7-3-2-4-8-17)28-22-19(9-5-13-24-22)26-27-20-10-6-14-25-23(20)28/h2-15H,1H3. The van der Waals surface area contributed by atoms with Gasteiger partial charge in [0.05, 0.1) is 5.69 Å². The zero-order valence-electron chi connectivity index (χ0n) is 15.3. The Morgan fingerprint density at radius 2 is 1.32 bits per heavy atom. The molecule has 2 aromatic heterocycles. The summed E-state index contributed by atoms with van der Waals surface area (Å²) in [6.45, 7) is 2.10. The molecule has 0 saturated carbocycles. The van der Waals surface area contributed by atoms with Gasteiger partial charge in [-0.2, -0.15) is 0 Å². The fraction of sp³-hybridized carbons (Fsp3) is 0.0435. The number of aromatic nitrogens is 2. The summed E-state index contributed by atoms with van der Waals surface area (Å²) in [5.74, 6) is 1.43. The monoisotopic (exact) mass is 363 g/mol. The van der Waals surface area contributed by atoms with Crippen molar-refractivity contribution in [3.63, 3.8) is 0 Å². The molecule has 5 rings (SSSR count). The van der Waals surface area contributed by atoms with Crippen LogP contribution in [0.4, 0.5) is 28.7 Å². The van der Waals surface area contributed by atoms with Gasteiger partial charge in [0, 0.05) is 18.0 Å². The SMILES string of the molecule is Cc1ccc(N2c3ncccc3N=Nc3cccnc32)c(-c2ccccc2)c1. The molecule has 2 aromatic carbocycles. The van der Waals surface area contributed by atoms with Gasteiger partial charge in [0.1, 0.15) is 11.4 Å². The number of anilines is 3. The minimum absolute atomic E-state index is 0.708. The zero-order valence-corrected chi connectivity index (χ0v) is 15.3. The molecule has 0 unspecified atom stereocenters. The van der Waals surface area contributed by atoms with E-state index in [4.69, 9.17) is 0 Å². The lowest BCUT2D eigenvalue weighted by atomic mass is 10.00. The first-order chi connectivity index (χ1) is 13.8. The van der Waals surface area contributed by atoms with Gasteiger partial charge in [0.2, 0.25) is 0 Å². The van der Waals surface area contributed by atoms with Gasteiger partial charge < -0.3 is 0 Å². The Balaban J connectivity index is 1.82. The summed E-state index contributed by atoms with van der Waals surface area (Å²) in [6, 6.07) is 24.3. The van der Waals surface area contributed by atoms with Crippen molar-refractivity contribution in [3.8, 4) is 11.1 Å². The summed E-state index contributed by atoms with van der Waals surface area (Å²) in [7, 11) is 0. The first-order valence-electron chi connectivity index (χ1n) is 9.09. The maximum absolute atomic E-state index is 4.63. The lowest BCUT2D eigenvalue weighted by Crippen LogP contribution is -2.14. The number of aryl methyl sites for hydroxylation is 1. The summed E-state index contributed by atoms with van der Waals surface area (Å²) >= 11 is 0. The van der Waals surface area contributed by atoms with Gasteiger partial charge in [-0.25, -0.2) is 9.97 Å². The molecule has 5 nitrogen and oxygen atoms in total. The van der Waals surface area contributed by atoms with Gasteiger partial charge in [0.25, 0.3) is 0 Å². The van der Waals surface area contributed by atoms with Crippen LogP contribution in [0.3, 0.4) is 0 Å². The maximum atomic E-state index is 4.63. The summed E-state index contributed by atoms with van der Waals surface area (Å²) in [5, 5.41) is 8.81. The predicted molar refractivity (Wildman–Crippen MR) is 111 cm³/mol. The molecule has 4 aromatic rings. The van der Waals surface area contributed by atoms with E-state index >= 15 is 0 Å². The Bertz CT molecular complexity index is 1130. The first kappa shape index (κ1) is 16.3. The molecule has 0 saturated heterocycles. The molecule has 5 heteroatoms. The molecule has 1 aliphatic heterocycles. The van der Waals surface area contributed by atoms with Gasteiger partial charge in [-0.05, 0) is 48.9 Å². The highest BCUT2D eigenvalue weighted by Crippen LogP contribution is 2.47. The predicted octanol–water partition coefficient (Wildman–Crippen LogP) is 6.65. The third-order valence-corrected chi connectivity index (χ3v) is 4.70. The van der Waals surface area contributed by atoms with Crippen molar-refractivity contribution < 1.29 is 0 Å². The second-order valence-electron chi connectivity index (χ2n) is 6.61. The lowest BCUT2D eigenvalue weighted by molar-refractivity contribution is 1.13. The van der Waals surface area contributed by atoms with E-state index < -0.39 is 0 Å². The van der Waals surface area contributed by atoms with Gasteiger partial charge in [0.15, 0.2) is 11.6 Å². The second kappa shape index (κ2) is 6.70. The highest BCUT2D eigenvalue weighted by molar-refractivity contribution is 5.92. The minimum atomic E-state index is 0.708. The van der Waals surface area contributed by atoms with Crippen LogP contribution < -0.4 is 4.90 Å². The van der Waals surface area contributed by atoms with Crippen molar-refractivity contribution in [1.29, 1.82) is 0 Å². The van der Waals surface area contributed by atoms with Gasteiger partial charge in [-0.3, -0.25) is 4.90 Å². The number of rotatable bonds is 2. The summed E-state index contributed by atoms with van der Waals surface area (Å²) in [5.41, 5.74) is 5.84. The molecule has 1 aliphatic rings. The number of azo groups is 1. The average Bonchev–Trinajstić information content (AvgIpc) is 2.91. The molecule has 134 valence electrons. The Labute approximate surface area is 163 Å². The Kier molecular flexibility index (Phi) is 3.91. The second-order valence-corrected chi connectivity index (χ2v) is 6.61. The third kappa shape index (κ3) is 2.74. The molecule has 0 spiro atoms. The average molecular weight is 363 g/mol. The highest BCUT2D eigenvalue weighted by Gasteiger charge is 2.26. The Morgan fingerprint density at radius 1 is 0.679 bits per heavy atom. The molecule has 0 bridgehead atoms. The topological polar surface area (TPSA) is 53.7 Å². The lowest BCUT2D eigenvalue weighted by Gasteiger charge is -2.26. The molecule has 0 fully saturated rings. The van der Waals surface area contributed by atoms with Crippen LogP contribution in [0.25, 0.3) is 11.1 Å². The number of fused-ring (bicyclic) bond motifs is 2. The molecule has 0 atom stereocenters. The number of hydrogen-bond donors (Lipinski definition) is 0.